The maximum Gasteiger partial charge on any atom is 0.461 e. The van der Waals surface area contributed by atoms with E-state index >= 15 is 0 Å². The third-order valence-electron chi connectivity index (χ3n) is 4.54. The predicted octanol–water partition coefficient (Wildman–Crippen LogP) is 6.32. The summed E-state index contributed by atoms with van der Waals surface area (Å²) in [6.07, 6.45) is -3.28. The fourth-order valence-electron chi connectivity index (χ4n) is 3.36. The molecule has 0 amide bonds. The molecule has 29 heavy (non-hydrogen) atoms. The molecule has 0 N–H and O–H groups in total. The molecule has 0 aliphatic heterocycles. The Morgan fingerprint density at radius 2 is 1.10 bits per heavy atom. The molecule has 0 aromatic heterocycles. The molecule has 0 aliphatic rings. The third-order valence-corrected chi connectivity index (χ3v) is 4.54. The maximum absolute atomic E-state index is 14.1. The molecule has 0 aliphatic carbocycles. The van der Waals surface area contributed by atoms with E-state index in [0.717, 1.165) is 0 Å². The van der Waals surface area contributed by atoms with Gasteiger partial charge in [0.1, 0.15) is 0 Å². The lowest BCUT2D eigenvalue weighted by atomic mass is 9.98. The lowest BCUT2D eigenvalue weighted by molar-refractivity contribution is -0.255. The van der Waals surface area contributed by atoms with E-state index in [1.165, 1.54) is 12.1 Å². The van der Waals surface area contributed by atoms with Crippen LogP contribution in [-0.2, 0) is 0 Å². The summed E-state index contributed by atoms with van der Waals surface area (Å²) in [6.45, 7) is 9.37. The molecule has 1 rings (SSSR count). The average molecular weight is 422 g/mol. The molecule has 0 unspecified atom stereocenters. The topological polar surface area (TPSA) is 23.6 Å². The minimum Gasteiger partial charge on any atom is -0.371 e. The number of anilines is 2. The zero-order valence-electron chi connectivity index (χ0n) is 17.6. The summed E-state index contributed by atoms with van der Waals surface area (Å²) in [5.74, 6) is -7.64. The number of rotatable bonds is 12. The molecular formula is C21H31F5N2O. The summed E-state index contributed by atoms with van der Waals surface area (Å²) in [7, 11) is 0. The Hall–Kier alpha value is -1.86. The highest BCUT2D eigenvalue weighted by atomic mass is 19.4. The number of alkyl halides is 5. The number of hydrogen-bond donors (Lipinski definition) is 0. The van der Waals surface area contributed by atoms with Crippen molar-refractivity contribution in [1.29, 1.82) is 0 Å². The molecule has 0 atom stereocenters. The van der Waals surface area contributed by atoms with E-state index in [0.29, 0.717) is 51.9 Å². The molecule has 1 aromatic carbocycles. The molecule has 0 radical (unpaired) electrons. The van der Waals surface area contributed by atoms with E-state index in [1.54, 1.807) is 15.9 Å². The van der Waals surface area contributed by atoms with Crippen LogP contribution in [0.4, 0.5) is 33.3 Å². The highest BCUT2D eigenvalue weighted by Gasteiger charge is 2.64. The van der Waals surface area contributed by atoms with Crippen molar-refractivity contribution >= 4 is 17.2 Å². The van der Waals surface area contributed by atoms with Crippen LogP contribution >= 0.6 is 0 Å². The van der Waals surface area contributed by atoms with Gasteiger partial charge in [-0.2, -0.15) is 22.0 Å². The van der Waals surface area contributed by atoms with Crippen molar-refractivity contribution in [3.63, 3.8) is 0 Å². The number of halogens is 5. The highest BCUT2D eigenvalue weighted by Crippen LogP contribution is 2.42. The Morgan fingerprint density at radius 3 is 1.38 bits per heavy atom. The van der Waals surface area contributed by atoms with Gasteiger partial charge in [-0.3, -0.25) is 4.79 Å². The second-order valence-electron chi connectivity index (χ2n) is 7.05. The van der Waals surface area contributed by atoms with Gasteiger partial charge < -0.3 is 9.80 Å². The third kappa shape index (κ3) is 5.82. The summed E-state index contributed by atoms with van der Waals surface area (Å²) in [5, 5.41) is 0. The van der Waals surface area contributed by atoms with Crippen LogP contribution in [0.1, 0.15) is 63.7 Å². The van der Waals surface area contributed by atoms with E-state index < -0.39 is 23.4 Å². The van der Waals surface area contributed by atoms with Gasteiger partial charge in [0.15, 0.2) is 0 Å². The van der Waals surface area contributed by atoms with E-state index in [4.69, 9.17) is 0 Å². The first-order chi connectivity index (χ1) is 13.6. The van der Waals surface area contributed by atoms with Gasteiger partial charge in [0.05, 0.1) is 5.56 Å². The summed E-state index contributed by atoms with van der Waals surface area (Å²) in [4.78, 5) is 16.1. The zero-order valence-corrected chi connectivity index (χ0v) is 17.6. The second kappa shape index (κ2) is 10.8. The van der Waals surface area contributed by atoms with Crippen LogP contribution in [0.25, 0.3) is 0 Å². The smallest absolute Gasteiger partial charge is 0.371 e. The number of hydrogen-bond acceptors (Lipinski definition) is 3. The molecule has 1 aromatic rings. The van der Waals surface area contributed by atoms with Crippen LogP contribution in [0.15, 0.2) is 18.2 Å². The van der Waals surface area contributed by atoms with Gasteiger partial charge in [0.25, 0.3) is 0 Å². The Kier molecular flexibility index (Phi) is 9.36. The van der Waals surface area contributed by atoms with Crippen molar-refractivity contribution in [2.45, 2.75) is 65.5 Å². The zero-order chi connectivity index (χ0) is 22.2. The van der Waals surface area contributed by atoms with Gasteiger partial charge in [-0.25, -0.2) is 0 Å². The number of carbonyl (C=O) groups is 1. The quantitative estimate of drug-likeness (QED) is 0.291. The maximum atomic E-state index is 14.1. The predicted molar refractivity (Wildman–Crippen MR) is 107 cm³/mol. The molecule has 0 saturated carbocycles. The lowest BCUT2D eigenvalue weighted by Gasteiger charge is -2.32. The number of carbonyl (C=O) groups excluding carboxylic acids is 1. The standard InChI is InChI=1S/C21H31F5N2O/c1-5-12-27(13-6-2)16-10-9-11-17(28(14-7-3)15-8-4)18(16)19(29)20(22,23)21(24,25)26/h9-11H,5-8,12-15H2,1-4H3. The first-order valence-corrected chi connectivity index (χ1v) is 10.2. The Balaban J connectivity index is 3.74. The van der Waals surface area contributed by atoms with Crippen molar-refractivity contribution in [3.8, 4) is 0 Å². The van der Waals surface area contributed by atoms with E-state index in [1.807, 2.05) is 27.7 Å². The van der Waals surface area contributed by atoms with Crippen molar-refractivity contribution < 1.29 is 26.7 Å². The second-order valence-corrected chi connectivity index (χ2v) is 7.05. The summed E-state index contributed by atoms with van der Waals surface area (Å²) in [6, 6.07) is 4.54. The van der Waals surface area contributed by atoms with Crippen molar-refractivity contribution in [2.24, 2.45) is 0 Å². The van der Waals surface area contributed by atoms with Gasteiger partial charge in [-0.15, -0.1) is 0 Å². The number of Topliss-reactive ketones (excluding diaryl/α,β-unsaturated/α-hetero) is 1. The molecule has 0 spiro atoms. The van der Waals surface area contributed by atoms with Gasteiger partial charge in [-0.05, 0) is 37.8 Å². The van der Waals surface area contributed by atoms with Gasteiger partial charge in [0, 0.05) is 37.6 Å². The van der Waals surface area contributed by atoms with E-state index in [2.05, 4.69) is 0 Å². The van der Waals surface area contributed by atoms with Crippen LogP contribution in [-0.4, -0.2) is 44.1 Å². The Morgan fingerprint density at radius 1 is 0.759 bits per heavy atom. The van der Waals surface area contributed by atoms with Gasteiger partial charge in [-0.1, -0.05) is 33.8 Å². The van der Waals surface area contributed by atoms with Crippen molar-refractivity contribution in [3.05, 3.63) is 23.8 Å². The largest absolute Gasteiger partial charge is 0.461 e. The minimum atomic E-state index is -5.95. The van der Waals surface area contributed by atoms with Crippen LogP contribution < -0.4 is 9.80 Å². The van der Waals surface area contributed by atoms with E-state index in [-0.39, 0.29) is 11.4 Å². The summed E-state index contributed by atoms with van der Waals surface area (Å²) >= 11 is 0. The first kappa shape index (κ1) is 25.2. The highest BCUT2D eigenvalue weighted by molar-refractivity contribution is 6.10. The molecule has 0 saturated heterocycles. The normalized spacial score (nSPS) is 12.2. The number of ketones is 1. The van der Waals surface area contributed by atoms with Gasteiger partial charge >= 0.3 is 12.1 Å². The summed E-state index contributed by atoms with van der Waals surface area (Å²) < 4.78 is 67.3. The van der Waals surface area contributed by atoms with Crippen LogP contribution in [0.5, 0.6) is 0 Å². The Bertz CT molecular complexity index is 615. The van der Waals surface area contributed by atoms with Crippen LogP contribution in [0, 0.1) is 0 Å². The average Bonchev–Trinajstić information content (AvgIpc) is 2.65. The SMILES string of the molecule is CCCN(CCC)c1cccc(N(CCC)CCC)c1C(=O)C(F)(F)C(F)(F)F. The molecule has 0 fully saturated rings. The molecule has 0 bridgehead atoms. The van der Waals surface area contributed by atoms with Crippen molar-refractivity contribution in [2.75, 3.05) is 36.0 Å². The lowest BCUT2D eigenvalue weighted by Crippen LogP contribution is -2.45. The fourth-order valence-corrected chi connectivity index (χ4v) is 3.36. The summed E-state index contributed by atoms with van der Waals surface area (Å²) in [5.41, 5.74) is -0.270. The number of nitrogens with zero attached hydrogens (tertiary/aromatic N) is 2. The molecule has 8 heteroatoms. The molecular weight excluding hydrogens is 391 g/mol. The molecule has 3 nitrogen and oxygen atoms in total. The Labute approximate surface area is 169 Å². The monoisotopic (exact) mass is 422 g/mol. The molecule has 0 heterocycles. The molecule has 166 valence electrons. The van der Waals surface area contributed by atoms with E-state index in [9.17, 15) is 26.7 Å². The van der Waals surface area contributed by atoms with Crippen LogP contribution in [0.2, 0.25) is 0 Å². The minimum absolute atomic E-state index is 0.136. The fraction of sp³-hybridized carbons (Fsp3) is 0.667. The van der Waals surface area contributed by atoms with Gasteiger partial charge in [0.2, 0.25) is 5.78 Å². The van der Waals surface area contributed by atoms with Crippen molar-refractivity contribution in [1.82, 2.24) is 0 Å². The first-order valence-electron chi connectivity index (χ1n) is 10.2. The van der Waals surface area contributed by atoms with Crippen LogP contribution in [0.3, 0.4) is 0 Å². The number of benzene rings is 1.